The number of halogens is 1. The minimum absolute atomic E-state index is 0.378. The van der Waals surface area contributed by atoms with Gasteiger partial charge in [0.2, 0.25) is 0 Å². The van der Waals surface area contributed by atoms with Gasteiger partial charge in [0.05, 0.1) is 22.9 Å². The van der Waals surface area contributed by atoms with Crippen LogP contribution in [0.2, 0.25) is 5.02 Å². The van der Waals surface area contributed by atoms with Gasteiger partial charge in [0.1, 0.15) is 0 Å². The van der Waals surface area contributed by atoms with Crippen LogP contribution in [0.15, 0.2) is 54.0 Å². The van der Waals surface area contributed by atoms with Crippen molar-refractivity contribution in [1.82, 2.24) is 4.57 Å². The molecular formula is C20H17ClN2O3S. The van der Waals surface area contributed by atoms with E-state index in [2.05, 4.69) is 16.3 Å². The Bertz CT molecular complexity index is 1110. The summed E-state index contributed by atoms with van der Waals surface area (Å²) in [6, 6.07) is 9.97. The second-order valence-electron chi connectivity index (χ2n) is 5.79. The van der Waals surface area contributed by atoms with E-state index in [1.807, 2.05) is 23.6 Å². The Balaban J connectivity index is 2.08. The van der Waals surface area contributed by atoms with Gasteiger partial charge < -0.3 is 9.30 Å². The van der Waals surface area contributed by atoms with Gasteiger partial charge in [0.25, 0.3) is 5.91 Å². The summed E-state index contributed by atoms with van der Waals surface area (Å²) in [4.78, 5) is 29.0. The molecule has 0 fully saturated rings. The second kappa shape index (κ2) is 7.90. The molecule has 0 unspecified atom stereocenters. The molecule has 3 aromatic rings. The number of carbonyl (C=O) groups is 2. The highest BCUT2D eigenvalue weighted by molar-refractivity contribution is 7.16. The number of allylic oxidation sites excluding steroid dienone is 1. The van der Waals surface area contributed by atoms with Crippen LogP contribution in [-0.4, -0.2) is 23.6 Å². The number of hydrogen-bond acceptors (Lipinski definition) is 4. The van der Waals surface area contributed by atoms with Gasteiger partial charge in [-0.1, -0.05) is 29.0 Å². The van der Waals surface area contributed by atoms with E-state index in [1.54, 1.807) is 30.3 Å². The van der Waals surface area contributed by atoms with Gasteiger partial charge >= 0.3 is 5.97 Å². The monoisotopic (exact) mass is 400 g/mol. The lowest BCUT2D eigenvalue weighted by molar-refractivity contribution is 0.0600. The number of amides is 1. The molecule has 0 aliphatic rings. The molecule has 27 heavy (non-hydrogen) atoms. The molecule has 7 heteroatoms. The van der Waals surface area contributed by atoms with Crippen molar-refractivity contribution in [3.05, 3.63) is 75.6 Å². The predicted octanol–water partition coefficient (Wildman–Crippen LogP) is 4.38. The normalized spacial score (nSPS) is 11.6. The van der Waals surface area contributed by atoms with Crippen molar-refractivity contribution in [3.8, 4) is 0 Å². The Morgan fingerprint density at radius 2 is 1.89 bits per heavy atom. The Labute approximate surface area is 165 Å². The largest absolute Gasteiger partial charge is 0.465 e. The minimum Gasteiger partial charge on any atom is -0.465 e. The van der Waals surface area contributed by atoms with E-state index in [0.717, 1.165) is 15.8 Å². The quantitative estimate of drug-likeness (QED) is 0.482. The van der Waals surface area contributed by atoms with Gasteiger partial charge in [-0.05, 0) is 48.9 Å². The maximum absolute atomic E-state index is 12.6. The number of methoxy groups -OCH3 is 1. The first-order valence-corrected chi connectivity index (χ1v) is 9.32. The Morgan fingerprint density at radius 1 is 1.22 bits per heavy atom. The van der Waals surface area contributed by atoms with Crippen molar-refractivity contribution in [2.75, 3.05) is 7.11 Å². The van der Waals surface area contributed by atoms with Crippen molar-refractivity contribution in [1.29, 1.82) is 0 Å². The molecular weight excluding hydrogens is 384 g/mol. The van der Waals surface area contributed by atoms with Gasteiger partial charge in [-0.3, -0.25) is 4.79 Å². The highest BCUT2D eigenvalue weighted by Crippen LogP contribution is 2.27. The first-order valence-electron chi connectivity index (χ1n) is 8.13. The summed E-state index contributed by atoms with van der Waals surface area (Å²) >= 11 is 7.67. The molecule has 0 atom stereocenters. The third kappa shape index (κ3) is 3.72. The van der Waals surface area contributed by atoms with Gasteiger partial charge in [0, 0.05) is 17.1 Å². The highest BCUT2D eigenvalue weighted by atomic mass is 35.5. The summed E-state index contributed by atoms with van der Waals surface area (Å²) in [5, 5.41) is 0.661. The molecule has 0 bridgehead atoms. The molecule has 1 aromatic heterocycles. The zero-order valence-electron chi connectivity index (χ0n) is 14.9. The summed E-state index contributed by atoms with van der Waals surface area (Å²) in [6.45, 7) is 6.23. The van der Waals surface area contributed by atoms with Gasteiger partial charge in [-0.25, -0.2) is 4.79 Å². The lowest BCUT2D eigenvalue weighted by atomic mass is 10.1. The Hall–Kier alpha value is -2.70. The van der Waals surface area contributed by atoms with Crippen LogP contribution in [0, 0.1) is 6.92 Å². The molecule has 3 rings (SSSR count). The number of aromatic nitrogens is 1. The SMILES string of the molecule is C=CCn1c(=NC(=O)c2ccc(C(=O)OC)cc2)sc2ccc(Cl)c(C)c21. The Kier molecular flexibility index (Phi) is 5.58. The van der Waals surface area contributed by atoms with Gasteiger partial charge in [-0.15, -0.1) is 6.58 Å². The number of hydrogen-bond donors (Lipinski definition) is 0. The number of aryl methyl sites for hydroxylation is 1. The van der Waals surface area contributed by atoms with Crippen molar-refractivity contribution in [3.63, 3.8) is 0 Å². The van der Waals surface area contributed by atoms with Crippen molar-refractivity contribution >= 4 is 45.0 Å². The van der Waals surface area contributed by atoms with E-state index in [9.17, 15) is 9.59 Å². The zero-order chi connectivity index (χ0) is 19.6. The maximum atomic E-state index is 12.6. The van der Waals surface area contributed by atoms with E-state index in [-0.39, 0.29) is 5.91 Å². The molecule has 0 N–H and O–H groups in total. The van der Waals surface area contributed by atoms with Crippen LogP contribution in [0.25, 0.3) is 10.2 Å². The van der Waals surface area contributed by atoms with Crippen LogP contribution in [0.1, 0.15) is 26.3 Å². The summed E-state index contributed by atoms with van der Waals surface area (Å²) in [5.41, 5.74) is 2.64. The van der Waals surface area contributed by atoms with E-state index >= 15 is 0 Å². The van der Waals surface area contributed by atoms with Gasteiger partial charge in [-0.2, -0.15) is 4.99 Å². The number of ether oxygens (including phenoxy) is 1. The number of benzene rings is 2. The maximum Gasteiger partial charge on any atom is 0.337 e. The smallest absolute Gasteiger partial charge is 0.337 e. The number of carbonyl (C=O) groups excluding carboxylic acids is 2. The molecule has 0 radical (unpaired) electrons. The molecule has 0 saturated carbocycles. The third-order valence-electron chi connectivity index (χ3n) is 4.09. The average molecular weight is 401 g/mol. The first kappa shape index (κ1) is 19.1. The molecule has 0 saturated heterocycles. The third-order valence-corrected chi connectivity index (χ3v) is 5.54. The van der Waals surface area contributed by atoms with Crippen LogP contribution in [0.4, 0.5) is 0 Å². The fourth-order valence-electron chi connectivity index (χ4n) is 2.72. The van der Waals surface area contributed by atoms with E-state index in [0.29, 0.717) is 27.5 Å². The molecule has 5 nitrogen and oxygen atoms in total. The summed E-state index contributed by atoms with van der Waals surface area (Å²) in [5.74, 6) is -0.842. The average Bonchev–Trinajstić information content (AvgIpc) is 3.02. The lowest BCUT2D eigenvalue weighted by Crippen LogP contribution is -2.16. The number of nitrogens with zero attached hydrogens (tertiary/aromatic N) is 2. The predicted molar refractivity (Wildman–Crippen MR) is 107 cm³/mol. The Morgan fingerprint density at radius 3 is 2.52 bits per heavy atom. The van der Waals surface area contributed by atoms with Crippen LogP contribution >= 0.6 is 22.9 Å². The van der Waals surface area contributed by atoms with Crippen LogP contribution in [-0.2, 0) is 11.3 Å². The molecule has 0 aliphatic carbocycles. The second-order valence-corrected chi connectivity index (χ2v) is 7.21. The van der Waals surface area contributed by atoms with Crippen molar-refractivity contribution < 1.29 is 14.3 Å². The summed E-state index contributed by atoms with van der Waals surface area (Å²) in [6.07, 6.45) is 1.75. The topological polar surface area (TPSA) is 60.7 Å². The summed E-state index contributed by atoms with van der Waals surface area (Å²) < 4.78 is 7.58. The van der Waals surface area contributed by atoms with E-state index in [4.69, 9.17) is 11.6 Å². The highest BCUT2D eigenvalue weighted by Gasteiger charge is 2.13. The molecule has 0 aliphatic heterocycles. The number of fused-ring (bicyclic) bond motifs is 1. The molecule has 0 spiro atoms. The van der Waals surface area contributed by atoms with E-state index < -0.39 is 5.97 Å². The zero-order valence-corrected chi connectivity index (χ0v) is 16.4. The number of rotatable bonds is 4. The van der Waals surface area contributed by atoms with Crippen LogP contribution < -0.4 is 4.80 Å². The number of esters is 1. The molecule has 2 aromatic carbocycles. The summed E-state index contributed by atoms with van der Waals surface area (Å²) in [7, 11) is 1.31. The molecule has 138 valence electrons. The number of thiazole rings is 1. The van der Waals surface area contributed by atoms with Crippen LogP contribution in [0.5, 0.6) is 0 Å². The van der Waals surface area contributed by atoms with Crippen molar-refractivity contribution in [2.24, 2.45) is 4.99 Å². The fourth-order valence-corrected chi connectivity index (χ4v) is 3.97. The van der Waals surface area contributed by atoms with E-state index in [1.165, 1.54) is 18.4 Å². The van der Waals surface area contributed by atoms with Crippen LogP contribution in [0.3, 0.4) is 0 Å². The first-order chi connectivity index (χ1) is 13.0. The minimum atomic E-state index is -0.452. The molecule has 1 amide bonds. The van der Waals surface area contributed by atoms with Crippen molar-refractivity contribution in [2.45, 2.75) is 13.5 Å². The standard InChI is InChI=1S/C20H17ClN2O3S/c1-4-11-23-17-12(2)15(21)9-10-16(17)27-20(23)22-18(24)13-5-7-14(8-6-13)19(25)26-3/h4-10H,1,11H2,2-3H3. The molecule has 1 heterocycles. The van der Waals surface area contributed by atoms with Gasteiger partial charge in [0.15, 0.2) is 4.80 Å². The fraction of sp³-hybridized carbons (Fsp3) is 0.150. The lowest BCUT2D eigenvalue weighted by Gasteiger charge is -2.05.